The molecule has 1 aromatic heterocycles. The third-order valence-corrected chi connectivity index (χ3v) is 3.16. The van der Waals surface area contributed by atoms with Crippen molar-refractivity contribution in [1.29, 1.82) is 0 Å². The fourth-order valence-electron chi connectivity index (χ4n) is 2.07. The molecule has 0 amide bonds. The lowest BCUT2D eigenvalue weighted by Crippen LogP contribution is -2.20. The zero-order valence-electron chi connectivity index (χ0n) is 11.8. The Labute approximate surface area is 110 Å². The molecule has 0 spiro atoms. The second-order valence-corrected chi connectivity index (χ2v) is 5.95. The summed E-state index contributed by atoms with van der Waals surface area (Å²) >= 11 is 0. The first kappa shape index (κ1) is 13.6. The minimum atomic E-state index is 0.668. The predicted molar refractivity (Wildman–Crippen MR) is 72.1 cm³/mol. The Bertz CT molecular complexity index is 358. The van der Waals surface area contributed by atoms with Gasteiger partial charge in [0.15, 0.2) is 5.76 Å². The van der Waals surface area contributed by atoms with Crippen LogP contribution in [0.1, 0.15) is 38.1 Å². The molecule has 1 aromatic rings. The summed E-state index contributed by atoms with van der Waals surface area (Å²) in [6.07, 6.45) is 2.79. The van der Waals surface area contributed by atoms with Gasteiger partial charge in [0, 0.05) is 19.2 Å². The molecule has 1 N–H and O–H groups in total. The first-order valence-corrected chi connectivity index (χ1v) is 6.97. The van der Waals surface area contributed by atoms with E-state index in [0.29, 0.717) is 5.92 Å². The van der Waals surface area contributed by atoms with Gasteiger partial charge in [0.2, 0.25) is 0 Å². The van der Waals surface area contributed by atoms with Gasteiger partial charge in [-0.05, 0) is 38.3 Å². The topological polar surface area (TPSA) is 41.3 Å². The summed E-state index contributed by atoms with van der Waals surface area (Å²) in [4.78, 5) is 2.32. The number of rotatable bonds is 8. The van der Waals surface area contributed by atoms with E-state index in [4.69, 9.17) is 4.52 Å². The van der Waals surface area contributed by atoms with Crippen molar-refractivity contribution >= 4 is 0 Å². The average Bonchev–Trinajstić information content (AvgIpc) is 2.98. The molecule has 0 aromatic carbocycles. The Kier molecular flexibility index (Phi) is 4.78. The summed E-state index contributed by atoms with van der Waals surface area (Å²) in [5.41, 5.74) is 1.01. The lowest BCUT2D eigenvalue weighted by atomic mass is 10.2. The third-order valence-electron chi connectivity index (χ3n) is 3.16. The van der Waals surface area contributed by atoms with Gasteiger partial charge in [-0.15, -0.1) is 0 Å². The van der Waals surface area contributed by atoms with Gasteiger partial charge in [-0.2, -0.15) is 0 Å². The molecule has 102 valence electrons. The van der Waals surface area contributed by atoms with Crippen LogP contribution in [0.3, 0.4) is 0 Å². The van der Waals surface area contributed by atoms with Gasteiger partial charge in [0.1, 0.15) is 0 Å². The third kappa shape index (κ3) is 4.78. The Morgan fingerprint density at radius 1 is 1.50 bits per heavy atom. The average molecular weight is 251 g/mol. The van der Waals surface area contributed by atoms with Crippen molar-refractivity contribution in [2.45, 2.75) is 39.8 Å². The largest absolute Gasteiger partial charge is 0.360 e. The van der Waals surface area contributed by atoms with Crippen molar-refractivity contribution in [3.8, 4) is 0 Å². The van der Waals surface area contributed by atoms with Crippen LogP contribution >= 0.6 is 0 Å². The van der Waals surface area contributed by atoms with Crippen LogP contribution in [0.2, 0.25) is 0 Å². The van der Waals surface area contributed by atoms with Gasteiger partial charge >= 0.3 is 0 Å². The summed E-state index contributed by atoms with van der Waals surface area (Å²) in [5.74, 6) is 2.56. The molecule has 2 rings (SSSR count). The van der Waals surface area contributed by atoms with Crippen molar-refractivity contribution < 1.29 is 4.52 Å². The highest BCUT2D eigenvalue weighted by Gasteiger charge is 2.23. The van der Waals surface area contributed by atoms with Crippen LogP contribution in [0, 0.1) is 11.8 Å². The normalized spacial score (nSPS) is 15.8. The van der Waals surface area contributed by atoms with Crippen LogP contribution in [0.15, 0.2) is 10.6 Å². The van der Waals surface area contributed by atoms with E-state index in [9.17, 15) is 0 Å². The molecule has 0 saturated heterocycles. The molecular formula is C14H25N3O. The van der Waals surface area contributed by atoms with Crippen molar-refractivity contribution in [3.05, 3.63) is 17.5 Å². The van der Waals surface area contributed by atoms with Gasteiger partial charge in [0.25, 0.3) is 0 Å². The molecule has 1 aliphatic carbocycles. The molecular weight excluding hydrogens is 226 g/mol. The maximum Gasteiger partial charge on any atom is 0.151 e. The van der Waals surface area contributed by atoms with E-state index in [2.05, 4.69) is 42.3 Å². The summed E-state index contributed by atoms with van der Waals surface area (Å²) in [6.45, 7) is 8.27. The second kappa shape index (κ2) is 6.34. The summed E-state index contributed by atoms with van der Waals surface area (Å²) in [7, 11) is 2.15. The number of hydrogen-bond donors (Lipinski definition) is 1. The summed E-state index contributed by atoms with van der Waals surface area (Å²) in [6, 6.07) is 2.07. The van der Waals surface area contributed by atoms with E-state index in [-0.39, 0.29) is 0 Å². The van der Waals surface area contributed by atoms with Crippen LogP contribution in [0.5, 0.6) is 0 Å². The van der Waals surface area contributed by atoms with Crippen molar-refractivity contribution in [1.82, 2.24) is 15.4 Å². The Morgan fingerprint density at radius 2 is 2.28 bits per heavy atom. The van der Waals surface area contributed by atoms with Crippen LogP contribution in [0.4, 0.5) is 0 Å². The number of aromatic nitrogens is 1. The highest BCUT2D eigenvalue weighted by molar-refractivity contribution is 5.05. The first-order chi connectivity index (χ1) is 8.63. The maximum absolute atomic E-state index is 5.36. The number of hydrogen-bond acceptors (Lipinski definition) is 4. The first-order valence-electron chi connectivity index (χ1n) is 6.97. The molecule has 0 unspecified atom stereocenters. The zero-order chi connectivity index (χ0) is 13.0. The molecule has 0 bridgehead atoms. The Morgan fingerprint density at radius 3 is 2.94 bits per heavy atom. The molecule has 0 radical (unpaired) electrons. The van der Waals surface area contributed by atoms with E-state index < -0.39 is 0 Å². The fraction of sp³-hybridized carbons (Fsp3) is 0.786. The lowest BCUT2D eigenvalue weighted by Gasteiger charge is -2.13. The monoisotopic (exact) mass is 251 g/mol. The van der Waals surface area contributed by atoms with Gasteiger partial charge in [-0.1, -0.05) is 19.0 Å². The van der Waals surface area contributed by atoms with E-state index in [1.54, 1.807) is 0 Å². The van der Waals surface area contributed by atoms with Gasteiger partial charge < -0.3 is 9.84 Å². The Hall–Kier alpha value is -0.870. The zero-order valence-corrected chi connectivity index (χ0v) is 11.8. The molecule has 4 heteroatoms. The minimum absolute atomic E-state index is 0.668. The van der Waals surface area contributed by atoms with Crippen LogP contribution in [-0.4, -0.2) is 30.2 Å². The highest BCUT2D eigenvalue weighted by atomic mass is 16.5. The van der Waals surface area contributed by atoms with Gasteiger partial charge in [0.05, 0.1) is 12.2 Å². The van der Waals surface area contributed by atoms with E-state index in [1.165, 1.54) is 19.4 Å². The van der Waals surface area contributed by atoms with Gasteiger partial charge in [-0.25, -0.2) is 0 Å². The highest BCUT2D eigenvalue weighted by Crippen LogP contribution is 2.29. The van der Waals surface area contributed by atoms with Crippen LogP contribution < -0.4 is 5.32 Å². The molecule has 1 fully saturated rings. The molecule has 0 aliphatic heterocycles. The molecule has 4 nitrogen and oxygen atoms in total. The molecule has 0 atom stereocenters. The standard InChI is InChI=1S/C14H25N3O/c1-11(2)7-15-8-13-6-14(18-16-13)10-17(3)9-12-4-5-12/h6,11-12,15H,4-5,7-10H2,1-3H3. The van der Waals surface area contributed by atoms with Crippen molar-refractivity contribution in [2.24, 2.45) is 11.8 Å². The molecule has 18 heavy (non-hydrogen) atoms. The lowest BCUT2D eigenvalue weighted by molar-refractivity contribution is 0.263. The smallest absolute Gasteiger partial charge is 0.151 e. The summed E-state index contributed by atoms with van der Waals surface area (Å²) in [5, 5.41) is 7.47. The SMILES string of the molecule is CC(C)CNCc1cc(CN(C)CC2CC2)on1. The minimum Gasteiger partial charge on any atom is -0.360 e. The summed E-state index contributed by atoms with van der Waals surface area (Å²) < 4.78 is 5.36. The quantitative estimate of drug-likeness (QED) is 0.769. The molecule has 1 saturated carbocycles. The second-order valence-electron chi connectivity index (χ2n) is 5.95. The molecule has 1 heterocycles. The van der Waals surface area contributed by atoms with Crippen LogP contribution in [0.25, 0.3) is 0 Å². The predicted octanol–water partition coefficient (Wildman–Crippen LogP) is 2.26. The Balaban J connectivity index is 1.71. The van der Waals surface area contributed by atoms with Crippen molar-refractivity contribution in [2.75, 3.05) is 20.1 Å². The number of nitrogens with zero attached hydrogens (tertiary/aromatic N) is 2. The van der Waals surface area contributed by atoms with Gasteiger partial charge in [-0.3, -0.25) is 4.90 Å². The molecule has 1 aliphatic rings. The van der Waals surface area contributed by atoms with Crippen LogP contribution in [-0.2, 0) is 13.1 Å². The van der Waals surface area contributed by atoms with E-state index >= 15 is 0 Å². The van der Waals surface area contributed by atoms with E-state index in [0.717, 1.165) is 37.0 Å². The maximum atomic E-state index is 5.36. The number of nitrogens with one attached hydrogen (secondary N) is 1. The van der Waals surface area contributed by atoms with Crippen molar-refractivity contribution in [3.63, 3.8) is 0 Å². The van der Waals surface area contributed by atoms with E-state index in [1.807, 2.05) is 0 Å². The fourth-order valence-corrected chi connectivity index (χ4v) is 2.07.